The molecule has 1 heterocycles. The van der Waals surface area contributed by atoms with Crippen molar-refractivity contribution in [1.82, 2.24) is 0 Å². The Hall–Kier alpha value is -2.64. The first-order chi connectivity index (χ1) is 16.6. The maximum Gasteiger partial charge on any atom is 0.350 e. The van der Waals surface area contributed by atoms with Crippen LogP contribution in [0.2, 0.25) is 0 Å². The summed E-state index contributed by atoms with van der Waals surface area (Å²) in [6.07, 6.45) is 5.97. The van der Waals surface area contributed by atoms with Gasteiger partial charge >= 0.3 is 11.9 Å². The fraction of sp³-hybridized carbons (Fsp3) is 0.571. The van der Waals surface area contributed by atoms with E-state index >= 15 is 0 Å². The van der Waals surface area contributed by atoms with Gasteiger partial charge < -0.3 is 24.4 Å². The highest BCUT2D eigenvalue weighted by Gasteiger charge is 2.44. The van der Waals surface area contributed by atoms with Crippen molar-refractivity contribution >= 4 is 11.9 Å². The Kier molecular flexibility index (Phi) is 7.67. The van der Waals surface area contributed by atoms with Gasteiger partial charge in [-0.2, -0.15) is 0 Å². The highest BCUT2D eigenvalue weighted by atomic mass is 16.6. The zero-order chi connectivity index (χ0) is 25.2. The van der Waals surface area contributed by atoms with E-state index in [4.69, 9.17) is 14.2 Å². The average molecular weight is 485 g/mol. The summed E-state index contributed by atoms with van der Waals surface area (Å²) >= 11 is 0. The van der Waals surface area contributed by atoms with Crippen molar-refractivity contribution in [2.24, 2.45) is 17.8 Å². The standard InChI is InChI=1S/C28H36O7/c1-17-9-10-18-13-19(29)15-24(34-27(32)28(2,3)35-21-7-5-4-6-8-21)26(18)23(17)12-11-22-14-20(30)16-25(31)33-22/h4-10,13,17,19-20,22-24,26,29-30H,11-12,14-16H2,1-3H3/t17-,19+,20+,22+,23-,24-,26-/m0/s1. The van der Waals surface area contributed by atoms with E-state index in [-0.39, 0.29) is 36.2 Å². The molecule has 1 saturated heterocycles. The number of fused-ring (bicyclic) bond motifs is 1. The van der Waals surface area contributed by atoms with Crippen molar-refractivity contribution in [3.63, 3.8) is 0 Å². The first-order valence-electron chi connectivity index (χ1n) is 12.5. The number of hydrogen-bond acceptors (Lipinski definition) is 7. The molecule has 0 saturated carbocycles. The van der Waals surface area contributed by atoms with Gasteiger partial charge in [0.2, 0.25) is 0 Å². The van der Waals surface area contributed by atoms with Gasteiger partial charge in [0.1, 0.15) is 18.0 Å². The number of aliphatic hydroxyl groups is 2. The zero-order valence-corrected chi connectivity index (χ0v) is 20.6. The van der Waals surface area contributed by atoms with Crippen LogP contribution in [0.4, 0.5) is 0 Å². The van der Waals surface area contributed by atoms with E-state index in [2.05, 4.69) is 13.0 Å². The number of carbonyl (C=O) groups is 2. The molecule has 0 unspecified atom stereocenters. The SMILES string of the molecule is C[C@H]1C=CC2=C[C@@H](O)C[C@H](OC(=O)C(C)(C)Oc3ccccc3)[C@@H]2[C@H]1CC[C@@H]1C[C@@H](O)CC(=O)O1. The fourth-order valence-corrected chi connectivity index (χ4v) is 5.51. The van der Waals surface area contributed by atoms with E-state index in [1.807, 2.05) is 30.4 Å². The van der Waals surface area contributed by atoms with Crippen LogP contribution in [0.3, 0.4) is 0 Å². The van der Waals surface area contributed by atoms with Crippen molar-refractivity contribution in [1.29, 1.82) is 0 Å². The van der Waals surface area contributed by atoms with Gasteiger partial charge in [0.15, 0.2) is 5.60 Å². The second-order valence-electron chi connectivity index (χ2n) is 10.5. The molecule has 190 valence electrons. The third-order valence-electron chi connectivity index (χ3n) is 7.30. The smallest absolute Gasteiger partial charge is 0.350 e. The van der Waals surface area contributed by atoms with E-state index in [9.17, 15) is 19.8 Å². The van der Waals surface area contributed by atoms with Gasteiger partial charge in [-0.1, -0.05) is 43.4 Å². The molecule has 2 N–H and O–H groups in total. The summed E-state index contributed by atoms with van der Waals surface area (Å²) in [6, 6.07) is 9.14. The van der Waals surface area contributed by atoms with Crippen molar-refractivity contribution in [2.45, 2.75) is 82.9 Å². The minimum Gasteiger partial charge on any atom is -0.476 e. The summed E-state index contributed by atoms with van der Waals surface area (Å²) in [5.74, 6) is -0.00255. The fourth-order valence-electron chi connectivity index (χ4n) is 5.51. The minimum atomic E-state index is -1.20. The van der Waals surface area contributed by atoms with E-state index in [0.717, 1.165) is 12.0 Å². The van der Waals surface area contributed by atoms with Gasteiger partial charge in [0.25, 0.3) is 0 Å². The molecule has 1 fully saturated rings. The lowest BCUT2D eigenvalue weighted by molar-refractivity contribution is -0.171. The van der Waals surface area contributed by atoms with Crippen molar-refractivity contribution < 1.29 is 34.0 Å². The van der Waals surface area contributed by atoms with Crippen LogP contribution < -0.4 is 4.74 Å². The topological polar surface area (TPSA) is 102 Å². The summed E-state index contributed by atoms with van der Waals surface area (Å²) in [5, 5.41) is 20.5. The number of para-hydroxylation sites is 1. The molecule has 1 aromatic carbocycles. The molecule has 7 atom stereocenters. The molecule has 0 radical (unpaired) electrons. The maximum absolute atomic E-state index is 13.2. The van der Waals surface area contributed by atoms with Gasteiger partial charge in [0.05, 0.1) is 18.6 Å². The predicted molar refractivity (Wildman–Crippen MR) is 129 cm³/mol. The lowest BCUT2D eigenvalue weighted by atomic mass is 9.66. The van der Waals surface area contributed by atoms with E-state index in [0.29, 0.717) is 25.0 Å². The lowest BCUT2D eigenvalue weighted by Gasteiger charge is -2.43. The average Bonchev–Trinajstić information content (AvgIpc) is 2.78. The number of benzene rings is 1. The van der Waals surface area contributed by atoms with Crippen molar-refractivity contribution in [2.75, 3.05) is 0 Å². The molecule has 2 aliphatic carbocycles. The summed E-state index contributed by atoms with van der Waals surface area (Å²) in [5.41, 5.74) is -0.238. The van der Waals surface area contributed by atoms with Gasteiger partial charge in [-0.25, -0.2) is 4.79 Å². The molecule has 0 spiro atoms. The third-order valence-corrected chi connectivity index (χ3v) is 7.30. The minimum absolute atomic E-state index is 0.0470. The molecule has 7 heteroatoms. The molecule has 1 aliphatic heterocycles. The van der Waals surface area contributed by atoms with Crippen LogP contribution in [-0.2, 0) is 19.1 Å². The van der Waals surface area contributed by atoms with E-state index in [1.165, 1.54) is 0 Å². The number of esters is 2. The number of hydrogen-bond donors (Lipinski definition) is 2. The number of allylic oxidation sites excluding steroid dienone is 2. The van der Waals surface area contributed by atoms with Crippen molar-refractivity contribution in [3.05, 3.63) is 54.1 Å². The highest BCUT2D eigenvalue weighted by Crippen LogP contribution is 2.44. The number of cyclic esters (lactones) is 1. The summed E-state index contributed by atoms with van der Waals surface area (Å²) in [6.45, 7) is 5.50. The number of aliphatic hydroxyl groups excluding tert-OH is 2. The second kappa shape index (κ2) is 10.5. The second-order valence-corrected chi connectivity index (χ2v) is 10.5. The number of rotatable bonds is 7. The van der Waals surface area contributed by atoms with Gasteiger partial charge in [-0.3, -0.25) is 4.79 Å². The van der Waals surface area contributed by atoms with E-state index in [1.54, 1.807) is 26.0 Å². The molecular formula is C28H36O7. The molecule has 0 bridgehead atoms. The summed E-state index contributed by atoms with van der Waals surface area (Å²) < 4.78 is 17.4. The first-order valence-corrected chi connectivity index (χ1v) is 12.5. The Labute approximate surface area is 206 Å². The zero-order valence-electron chi connectivity index (χ0n) is 20.6. The van der Waals surface area contributed by atoms with Crippen LogP contribution in [0.1, 0.15) is 52.9 Å². The molecule has 3 aliphatic rings. The Bertz CT molecular complexity index is 967. The van der Waals surface area contributed by atoms with Crippen LogP contribution in [0.15, 0.2) is 54.1 Å². The Morgan fingerprint density at radius 2 is 1.89 bits per heavy atom. The maximum atomic E-state index is 13.2. The van der Waals surface area contributed by atoms with Gasteiger partial charge in [-0.15, -0.1) is 0 Å². The summed E-state index contributed by atoms with van der Waals surface area (Å²) in [4.78, 5) is 25.0. The molecule has 1 aromatic rings. The Morgan fingerprint density at radius 1 is 1.14 bits per heavy atom. The van der Waals surface area contributed by atoms with Crippen LogP contribution in [0.25, 0.3) is 0 Å². The highest BCUT2D eigenvalue weighted by molar-refractivity contribution is 5.79. The van der Waals surface area contributed by atoms with Gasteiger partial charge in [-0.05, 0) is 56.2 Å². The first kappa shape index (κ1) is 25.5. The van der Waals surface area contributed by atoms with Crippen LogP contribution in [0.5, 0.6) is 5.75 Å². The van der Waals surface area contributed by atoms with Gasteiger partial charge in [0, 0.05) is 18.8 Å². The largest absolute Gasteiger partial charge is 0.476 e. The molecule has 0 amide bonds. The van der Waals surface area contributed by atoms with Crippen LogP contribution >= 0.6 is 0 Å². The van der Waals surface area contributed by atoms with Crippen LogP contribution in [0, 0.1) is 17.8 Å². The summed E-state index contributed by atoms with van der Waals surface area (Å²) in [7, 11) is 0. The van der Waals surface area contributed by atoms with Crippen molar-refractivity contribution in [3.8, 4) is 5.75 Å². The molecule has 35 heavy (non-hydrogen) atoms. The number of carbonyl (C=O) groups excluding carboxylic acids is 2. The number of ether oxygens (including phenoxy) is 3. The Balaban J connectivity index is 1.48. The van der Waals surface area contributed by atoms with E-state index < -0.39 is 29.9 Å². The normalized spacial score (nSPS) is 32.8. The molecule has 4 rings (SSSR count). The molecule has 0 aromatic heterocycles. The monoisotopic (exact) mass is 484 g/mol. The Morgan fingerprint density at radius 3 is 2.60 bits per heavy atom. The third kappa shape index (κ3) is 6.14. The quantitative estimate of drug-likeness (QED) is 0.569. The predicted octanol–water partition coefficient (Wildman–Crippen LogP) is 3.73. The molecule has 7 nitrogen and oxygen atoms in total. The molecular weight excluding hydrogens is 448 g/mol. The lowest BCUT2D eigenvalue weighted by Crippen LogP contribution is -2.47. The van der Waals surface area contributed by atoms with Crippen LogP contribution in [-0.4, -0.2) is 52.2 Å².